The average molecular weight is 374 g/mol. The van der Waals surface area contributed by atoms with Crippen LogP contribution < -0.4 is 0 Å². The standard InChI is InChI=1S/C11H18N2.C11H17NS/c1-11(2,3)10-8-9-6-4-5-7-13(9)12-10;1-11(2,3)10-12-8-6-4-5-7-9(8)13-10/h8H,4-7H2,1-3H3;4-7H2,1-3H3. The molecule has 0 amide bonds. The van der Waals surface area contributed by atoms with E-state index in [1.807, 2.05) is 11.3 Å². The van der Waals surface area contributed by atoms with Crippen LogP contribution in [-0.4, -0.2) is 14.8 Å². The number of nitrogens with zero attached hydrogens (tertiary/aromatic N) is 3. The highest BCUT2D eigenvalue weighted by atomic mass is 32.1. The minimum Gasteiger partial charge on any atom is -0.269 e. The summed E-state index contributed by atoms with van der Waals surface area (Å²) in [5.74, 6) is 0. The lowest BCUT2D eigenvalue weighted by atomic mass is 9.92. The van der Waals surface area contributed by atoms with Crippen molar-refractivity contribution in [2.75, 3.05) is 0 Å². The largest absolute Gasteiger partial charge is 0.269 e. The van der Waals surface area contributed by atoms with Crippen LogP contribution in [-0.2, 0) is 36.6 Å². The molecule has 2 aliphatic rings. The molecule has 3 nitrogen and oxygen atoms in total. The van der Waals surface area contributed by atoms with Gasteiger partial charge in [-0.2, -0.15) is 5.10 Å². The molecule has 144 valence electrons. The van der Waals surface area contributed by atoms with Gasteiger partial charge in [0.2, 0.25) is 0 Å². The third-order valence-corrected chi connectivity index (χ3v) is 6.75. The normalized spacial score (nSPS) is 17.2. The van der Waals surface area contributed by atoms with Crippen LogP contribution in [0.15, 0.2) is 6.07 Å². The molecule has 2 aromatic rings. The third kappa shape index (κ3) is 4.57. The SMILES string of the molecule is CC(C)(C)c1cc2n(n1)CCCC2.CC(C)(C)c1nc2c(s1)CCCC2. The summed E-state index contributed by atoms with van der Waals surface area (Å²) in [6.45, 7) is 14.5. The van der Waals surface area contributed by atoms with E-state index in [1.54, 1.807) is 4.88 Å². The number of fused-ring (bicyclic) bond motifs is 2. The zero-order valence-corrected chi connectivity index (χ0v) is 18.3. The van der Waals surface area contributed by atoms with E-state index in [0.717, 1.165) is 6.54 Å². The highest BCUT2D eigenvalue weighted by molar-refractivity contribution is 7.11. The van der Waals surface area contributed by atoms with E-state index in [2.05, 4.69) is 57.4 Å². The molecule has 0 N–H and O–H groups in total. The maximum atomic E-state index is 4.74. The Morgan fingerprint density at radius 1 is 0.885 bits per heavy atom. The van der Waals surface area contributed by atoms with Gasteiger partial charge in [-0.15, -0.1) is 11.3 Å². The first-order valence-corrected chi connectivity index (χ1v) is 11.0. The number of thiazole rings is 1. The molecule has 0 saturated heterocycles. The molecular weight excluding hydrogens is 338 g/mol. The summed E-state index contributed by atoms with van der Waals surface area (Å²) in [6, 6.07) is 2.28. The van der Waals surface area contributed by atoms with E-state index < -0.39 is 0 Å². The smallest absolute Gasteiger partial charge is 0.0984 e. The van der Waals surface area contributed by atoms with Crippen LogP contribution in [0.4, 0.5) is 0 Å². The van der Waals surface area contributed by atoms with Gasteiger partial charge in [-0.25, -0.2) is 4.98 Å². The lowest BCUT2D eigenvalue weighted by Gasteiger charge is -2.14. The number of aromatic nitrogens is 3. The summed E-state index contributed by atoms with van der Waals surface area (Å²) < 4.78 is 2.18. The van der Waals surface area contributed by atoms with E-state index in [0.29, 0.717) is 0 Å². The molecule has 0 radical (unpaired) electrons. The van der Waals surface area contributed by atoms with Crippen LogP contribution in [0.2, 0.25) is 0 Å². The lowest BCUT2D eigenvalue weighted by Crippen LogP contribution is -2.14. The molecule has 0 aromatic carbocycles. The molecule has 0 atom stereocenters. The maximum absolute atomic E-state index is 4.74. The van der Waals surface area contributed by atoms with Crippen LogP contribution in [0.5, 0.6) is 0 Å². The average Bonchev–Trinajstić information content (AvgIpc) is 3.19. The Kier molecular flexibility index (Phi) is 5.62. The first-order chi connectivity index (χ1) is 12.1. The summed E-state index contributed by atoms with van der Waals surface area (Å²) in [5, 5.41) is 5.96. The molecule has 3 heterocycles. The van der Waals surface area contributed by atoms with Crippen LogP contribution in [0.3, 0.4) is 0 Å². The zero-order valence-electron chi connectivity index (χ0n) is 17.5. The van der Waals surface area contributed by atoms with Crippen molar-refractivity contribution in [1.82, 2.24) is 14.8 Å². The molecule has 4 heteroatoms. The second-order valence-electron chi connectivity index (χ2n) is 9.80. The van der Waals surface area contributed by atoms with Crippen LogP contribution in [0.1, 0.15) is 94.2 Å². The molecular formula is C22H35N3S. The molecule has 0 bridgehead atoms. The summed E-state index contributed by atoms with van der Waals surface area (Å²) >= 11 is 1.93. The summed E-state index contributed by atoms with van der Waals surface area (Å²) in [6.07, 6.45) is 9.00. The topological polar surface area (TPSA) is 30.7 Å². The molecule has 1 aliphatic heterocycles. The number of rotatable bonds is 0. The van der Waals surface area contributed by atoms with Gasteiger partial charge >= 0.3 is 0 Å². The first-order valence-electron chi connectivity index (χ1n) is 10.2. The van der Waals surface area contributed by atoms with Crippen molar-refractivity contribution >= 4 is 11.3 Å². The van der Waals surface area contributed by atoms with Gasteiger partial charge in [0.1, 0.15) is 0 Å². The molecule has 0 fully saturated rings. The molecule has 26 heavy (non-hydrogen) atoms. The minimum atomic E-state index is 0.199. The maximum Gasteiger partial charge on any atom is 0.0984 e. The molecule has 2 aromatic heterocycles. The fourth-order valence-electron chi connectivity index (χ4n) is 3.46. The lowest BCUT2D eigenvalue weighted by molar-refractivity contribution is 0.470. The zero-order chi connectivity index (χ0) is 18.9. The minimum absolute atomic E-state index is 0.199. The number of aryl methyl sites for hydroxylation is 4. The Morgan fingerprint density at radius 2 is 1.58 bits per heavy atom. The Labute approximate surface area is 163 Å². The predicted molar refractivity (Wildman–Crippen MR) is 111 cm³/mol. The van der Waals surface area contributed by atoms with Crippen molar-refractivity contribution < 1.29 is 0 Å². The van der Waals surface area contributed by atoms with E-state index in [4.69, 9.17) is 4.98 Å². The Morgan fingerprint density at radius 3 is 2.19 bits per heavy atom. The molecule has 0 saturated carbocycles. The van der Waals surface area contributed by atoms with Gasteiger partial charge in [-0.3, -0.25) is 4.68 Å². The second-order valence-corrected chi connectivity index (χ2v) is 10.9. The van der Waals surface area contributed by atoms with Crippen molar-refractivity contribution in [2.45, 2.75) is 104 Å². The molecule has 1 aliphatic carbocycles. The van der Waals surface area contributed by atoms with Crippen molar-refractivity contribution in [2.24, 2.45) is 0 Å². The van der Waals surface area contributed by atoms with Crippen LogP contribution >= 0.6 is 11.3 Å². The van der Waals surface area contributed by atoms with Gasteiger partial charge in [-0.1, -0.05) is 41.5 Å². The highest BCUT2D eigenvalue weighted by Crippen LogP contribution is 2.33. The number of hydrogen-bond donors (Lipinski definition) is 0. The van der Waals surface area contributed by atoms with Crippen LogP contribution in [0.25, 0.3) is 0 Å². The molecule has 0 spiro atoms. The van der Waals surface area contributed by atoms with Gasteiger partial charge in [-0.05, 0) is 51.0 Å². The van der Waals surface area contributed by atoms with E-state index in [-0.39, 0.29) is 10.8 Å². The summed E-state index contributed by atoms with van der Waals surface area (Å²) in [4.78, 5) is 6.29. The highest BCUT2D eigenvalue weighted by Gasteiger charge is 2.23. The number of hydrogen-bond acceptors (Lipinski definition) is 3. The Bertz CT molecular complexity index is 629. The van der Waals surface area contributed by atoms with Crippen LogP contribution in [0, 0.1) is 0 Å². The first kappa shape index (κ1) is 19.6. The molecule has 4 rings (SSSR count). The second kappa shape index (κ2) is 7.46. The van der Waals surface area contributed by atoms with Gasteiger partial charge in [0.05, 0.1) is 16.4 Å². The van der Waals surface area contributed by atoms with Crippen molar-refractivity contribution in [3.8, 4) is 0 Å². The fraction of sp³-hybridized carbons (Fsp3) is 0.727. The Hall–Kier alpha value is -1.16. The quantitative estimate of drug-likeness (QED) is 0.581. The third-order valence-electron chi connectivity index (χ3n) is 5.17. The van der Waals surface area contributed by atoms with Gasteiger partial charge in [0.25, 0.3) is 0 Å². The van der Waals surface area contributed by atoms with Gasteiger partial charge in [0, 0.05) is 27.9 Å². The van der Waals surface area contributed by atoms with E-state index in [9.17, 15) is 0 Å². The van der Waals surface area contributed by atoms with E-state index >= 15 is 0 Å². The van der Waals surface area contributed by atoms with Gasteiger partial charge in [0.15, 0.2) is 0 Å². The fourth-order valence-corrected chi connectivity index (χ4v) is 4.66. The van der Waals surface area contributed by atoms with E-state index in [1.165, 1.54) is 67.0 Å². The monoisotopic (exact) mass is 373 g/mol. The Balaban J connectivity index is 0.000000151. The van der Waals surface area contributed by atoms with Gasteiger partial charge < -0.3 is 0 Å². The molecule has 0 unspecified atom stereocenters. The van der Waals surface area contributed by atoms with Crippen molar-refractivity contribution in [1.29, 1.82) is 0 Å². The summed E-state index contributed by atoms with van der Waals surface area (Å²) in [7, 11) is 0. The summed E-state index contributed by atoms with van der Waals surface area (Å²) in [5.41, 5.74) is 4.49. The van der Waals surface area contributed by atoms with Crippen molar-refractivity contribution in [3.05, 3.63) is 33.0 Å². The van der Waals surface area contributed by atoms with Crippen molar-refractivity contribution in [3.63, 3.8) is 0 Å². The predicted octanol–water partition coefficient (Wildman–Crippen LogP) is 5.84.